The number of hydrogen-bond acceptors (Lipinski definition) is 3. The highest BCUT2D eigenvalue weighted by molar-refractivity contribution is 7.81. The predicted molar refractivity (Wildman–Crippen MR) is 67.4 cm³/mol. The highest BCUT2D eigenvalue weighted by Crippen LogP contribution is 2.14. The average Bonchev–Trinajstić information content (AvgIpc) is 2.27. The second-order valence-corrected chi connectivity index (χ2v) is 4.28. The molecule has 90 valence electrons. The van der Waals surface area contributed by atoms with Crippen molar-refractivity contribution < 1.29 is 9.53 Å². The van der Waals surface area contributed by atoms with Gasteiger partial charge in [0, 0.05) is 0 Å². The summed E-state index contributed by atoms with van der Waals surface area (Å²) < 4.78 is 5.09. The van der Waals surface area contributed by atoms with Crippen LogP contribution in [0, 0.1) is 5.92 Å². The van der Waals surface area contributed by atoms with Gasteiger partial charge in [-0.1, -0.05) is 46.0 Å². The van der Waals surface area contributed by atoms with E-state index in [1.807, 2.05) is 0 Å². The zero-order chi connectivity index (χ0) is 11.5. The summed E-state index contributed by atoms with van der Waals surface area (Å²) in [6, 6.07) is 0. The van der Waals surface area contributed by atoms with E-state index in [9.17, 15) is 4.79 Å². The maximum Gasteiger partial charge on any atom is 0.315 e. The maximum atomic E-state index is 10.9. The molecular formula is C12H24O2S. The number of ether oxygens (including phenoxy) is 1. The molecule has 0 radical (unpaired) electrons. The highest BCUT2D eigenvalue weighted by Gasteiger charge is 2.08. The van der Waals surface area contributed by atoms with Gasteiger partial charge in [0.25, 0.3) is 0 Å². The summed E-state index contributed by atoms with van der Waals surface area (Å²) in [6.45, 7) is 4.94. The molecule has 1 unspecified atom stereocenters. The predicted octanol–water partition coefficient (Wildman–Crippen LogP) is 3.46. The van der Waals surface area contributed by atoms with Crippen LogP contribution in [0.25, 0.3) is 0 Å². The molecule has 0 saturated heterocycles. The van der Waals surface area contributed by atoms with Crippen LogP contribution in [0.3, 0.4) is 0 Å². The van der Waals surface area contributed by atoms with Crippen molar-refractivity contribution in [3.05, 3.63) is 0 Å². The molecule has 1 atom stereocenters. The summed E-state index contributed by atoms with van der Waals surface area (Å²) in [5, 5.41) is 0. The van der Waals surface area contributed by atoms with E-state index in [-0.39, 0.29) is 11.7 Å². The van der Waals surface area contributed by atoms with E-state index in [0.717, 1.165) is 6.42 Å². The molecule has 0 aliphatic rings. The minimum Gasteiger partial charge on any atom is -0.465 e. The summed E-state index contributed by atoms with van der Waals surface area (Å²) in [7, 11) is 0. The second-order valence-electron chi connectivity index (χ2n) is 3.96. The monoisotopic (exact) mass is 232 g/mol. The lowest BCUT2D eigenvalue weighted by Gasteiger charge is -2.14. The molecule has 0 fully saturated rings. The molecule has 0 rings (SSSR count). The molecule has 0 aromatic heterocycles. The third kappa shape index (κ3) is 8.79. The Morgan fingerprint density at radius 3 is 2.53 bits per heavy atom. The van der Waals surface area contributed by atoms with Gasteiger partial charge in [0.05, 0.1) is 12.4 Å². The summed E-state index contributed by atoms with van der Waals surface area (Å²) in [5.41, 5.74) is 0. The Bertz CT molecular complexity index is 160. The van der Waals surface area contributed by atoms with Gasteiger partial charge in [0.1, 0.15) is 0 Å². The van der Waals surface area contributed by atoms with Crippen LogP contribution < -0.4 is 0 Å². The maximum absolute atomic E-state index is 10.9. The second kappa shape index (κ2) is 10.3. The molecule has 0 amide bonds. The lowest BCUT2D eigenvalue weighted by molar-refractivity contribution is -0.141. The lowest BCUT2D eigenvalue weighted by Crippen LogP contribution is -2.14. The van der Waals surface area contributed by atoms with Crippen molar-refractivity contribution in [2.24, 2.45) is 5.92 Å². The number of carbonyl (C=O) groups excluding carboxylic acids is 1. The van der Waals surface area contributed by atoms with Gasteiger partial charge in [-0.2, -0.15) is 12.6 Å². The van der Waals surface area contributed by atoms with Crippen molar-refractivity contribution in [2.75, 3.05) is 12.4 Å². The van der Waals surface area contributed by atoms with Crippen molar-refractivity contribution in [1.29, 1.82) is 0 Å². The number of hydrogen-bond donors (Lipinski definition) is 1. The Morgan fingerprint density at radius 2 is 2.00 bits per heavy atom. The first-order chi connectivity index (χ1) is 7.24. The minimum absolute atomic E-state index is 0.187. The van der Waals surface area contributed by atoms with Gasteiger partial charge in [-0.3, -0.25) is 4.79 Å². The van der Waals surface area contributed by atoms with Gasteiger partial charge >= 0.3 is 5.97 Å². The van der Waals surface area contributed by atoms with Crippen LogP contribution in [-0.2, 0) is 9.53 Å². The molecule has 0 aliphatic carbocycles. The molecule has 3 heteroatoms. The van der Waals surface area contributed by atoms with Gasteiger partial charge in [-0.05, 0) is 12.3 Å². The molecule has 0 aliphatic heterocycles. The summed E-state index contributed by atoms with van der Waals surface area (Å²) in [4.78, 5) is 10.9. The van der Waals surface area contributed by atoms with E-state index in [4.69, 9.17) is 4.74 Å². The van der Waals surface area contributed by atoms with Gasteiger partial charge in [0.15, 0.2) is 0 Å². The molecule has 0 heterocycles. The summed E-state index contributed by atoms with van der Waals surface area (Å²) in [6.07, 6.45) is 7.40. The van der Waals surface area contributed by atoms with E-state index < -0.39 is 0 Å². The normalized spacial score (nSPS) is 12.5. The van der Waals surface area contributed by atoms with Crippen LogP contribution in [0.1, 0.15) is 52.4 Å². The first-order valence-corrected chi connectivity index (χ1v) is 6.64. The van der Waals surface area contributed by atoms with Crippen LogP contribution in [0.2, 0.25) is 0 Å². The zero-order valence-corrected chi connectivity index (χ0v) is 10.9. The Labute approximate surface area is 99.2 Å². The van der Waals surface area contributed by atoms with Gasteiger partial charge in [-0.25, -0.2) is 0 Å². The van der Waals surface area contributed by atoms with Crippen molar-refractivity contribution in [1.82, 2.24) is 0 Å². The number of rotatable bonds is 9. The fraction of sp³-hybridized carbons (Fsp3) is 0.917. The molecule has 0 spiro atoms. The summed E-state index contributed by atoms with van der Waals surface area (Å²) >= 11 is 3.87. The third-order valence-electron chi connectivity index (χ3n) is 2.65. The van der Waals surface area contributed by atoms with Crippen molar-refractivity contribution in [3.63, 3.8) is 0 Å². The Morgan fingerprint density at radius 1 is 1.27 bits per heavy atom. The lowest BCUT2D eigenvalue weighted by atomic mass is 9.99. The fourth-order valence-electron chi connectivity index (χ4n) is 1.52. The third-order valence-corrected chi connectivity index (χ3v) is 2.91. The molecular weight excluding hydrogens is 208 g/mol. The van der Waals surface area contributed by atoms with E-state index in [2.05, 4.69) is 26.5 Å². The van der Waals surface area contributed by atoms with E-state index >= 15 is 0 Å². The van der Waals surface area contributed by atoms with E-state index in [1.54, 1.807) is 0 Å². The molecule has 0 N–H and O–H groups in total. The molecule has 0 aromatic rings. The van der Waals surface area contributed by atoms with Crippen LogP contribution in [0.15, 0.2) is 0 Å². The zero-order valence-electron chi connectivity index (χ0n) is 10.00. The Balaban J connectivity index is 3.50. The Kier molecular flexibility index (Phi) is 10.2. The van der Waals surface area contributed by atoms with Crippen LogP contribution >= 0.6 is 12.6 Å². The topological polar surface area (TPSA) is 26.3 Å². The quantitative estimate of drug-likeness (QED) is 0.374. The van der Waals surface area contributed by atoms with Crippen molar-refractivity contribution in [3.8, 4) is 0 Å². The SMILES string of the molecule is CCCCCCC(CC)COC(=O)CS. The Hall–Kier alpha value is -0.180. The van der Waals surface area contributed by atoms with Crippen molar-refractivity contribution >= 4 is 18.6 Å². The van der Waals surface area contributed by atoms with Crippen LogP contribution in [0.5, 0.6) is 0 Å². The first kappa shape index (κ1) is 14.8. The molecule has 0 saturated carbocycles. The van der Waals surface area contributed by atoms with E-state index in [0.29, 0.717) is 12.5 Å². The largest absolute Gasteiger partial charge is 0.465 e. The summed E-state index contributed by atoms with van der Waals surface area (Å²) in [5.74, 6) is 0.516. The molecule has 2 nitrogen and oxygen atoms in total. The standard InChI is InChI=1S/C12H24O2S/c1-3-5-6-7-8-11(4-2)9-14-12(13)10-15/h11,15H,3-10H2,1-2H3. The smallest absolute Gasteiger partial charge is 0.315 e. The molecule has 0 bridgehead atoms. The fourth-order valence-corrected chi connectivity index (χ4v) is 1.61. The van der Waals surface area contributed by atoms with Gasteiger partial charge in [0.2, 0.25) is 0 Å². The number of unbranched alkanes of at least 4 members (excludes halogenated alkanes) is 3. The first-order valence-electron chi connectivity index (χ1n) is 6.01. The molecule has 15 heavy (non-hydrogen) atoms. The minimum atomic E-state index is -0.203. The van der Waals surface area contributed by atoms with Gasteiger partial charge in [-0.15, -0.1) is 0 Å². The van der Waals surface area contributed by atoms with Crippen molar-refractivity contribution in [2.45, 2.75) is 52.4 Å². The van der Waals surface area contributed by atoms with Gasteiger partial charge < -0.3 is 4.74 Å². The average molecular weight is 232 g/mol. The molecule has 0 aromatic carbocycles. The number of esters is 1. The highest BCUT2D eigenvalue weighted by atomic mass is 32.1. The number of carbonyl (C=O) groups is 1. The van der Waals surface area contributed by atoms with E-state index in [1.165, 1.54) is 32.1 Å². The van der Waals surface area contributed by atoms with Crippen LogP contribution in [0.4, 0.5) is 0 Å². The number of thiol groups is 1. The van der Waals surface area contributed by atoms with Crippen LogP contribution in [-0.4, -0.2) is 18.3 Å².